The van der Waals surface area contributed by atoms with Crippen LogP contribution in [0, 0.1) is 6.92 Å². The third-order valence-electron chi connectivity index (χ3n) is 5.19. The Labute approximate surface area is 171 Å². The van der Waals surface area contributed by atoms with Gasteiger partial charge >= 0.3 is 5.97 Å². The van der Waals surface area contributed by atoms with E-state index in [1.807, 2.05) is 48.2 Å². The van der Waals surface area contributed by atoms with Gasteiger partial charge in [-0.25, -0.2) is 0 Å². The van der Waals surface area contributed by atoms with Crippen molar-refractivity contribution in [2.75, 3.05) is 0 Å². The summed E-state index contributed by atoms with van der Waals surface area (Å²) in [7, 11) is 0. The molecule has 1 amide bonds. The van der Waals surface area contributed by atoms with Crippen LogP contribution in [0.2, 0.25) is 0 Å². The van der Waals surface area contributed by atoms with Crippen LogP contribution in [0.15, 0.2) is 60.7 Å². The molecule has 1 fully saturated rings. The van der Waals surface area contributed by atoms with Crippen molar-refractivity contribution >= 4 is 11.9 Å². The van der Waals surface area contributed by atoms with E-state index in [1.165, 1.54) is 5.56 Å². The van der Waals surface area contributed by atoms with Crippen molar-refractivity contribution < 1.29 is 19.8 Å². The highest BCUT2D eigenvalue weighted by Crippen LogP contribution is 2.23. The van der Waals surface area contributed by atoms with Crippen LogP contribution in [0.3, 0.4) is 0 Å². The van der Waals surface area contributed by atoms with Gasteiger partial charge < -0.3 is 15.1 Å². The summed E-state index contributed by atoms with van der Waals surface area (Å²) in [4.78, 5) is 24.9. The first kappa shape index (κ1) is 20.8. The van der Waals surface area contributed by atoms with Crippen molar-refractivity contribution in [2.45, 2.75) is 51.3 Å². The zero-order chi connectivity index (χ0) is 20.8. The minimum atomic E-state index is -0.859. The number of aliphatic hydroxyl groups is 1. The normalized spacial score (nSPS) is 17.8. The second-order valence-corrected chi connectivity index (χ2v) is 7.66. The Balaban J connectivity index is 1.60. The molecule has 2 aromatic carbocycles. The molecule has 0 saturated carbocycles. The van der Waals surface area contributed by atoms with Crippen molar-refractivity contribution in [1.82, 2.24) is 4.90 Å². The first-order valence-electron chi connectivity index (χ1n) is 9.92. The van der Waals surface area contributed by atoms with Gasteiger partial charge in [0.05, 0.1) is 18.6 Å². The summed E-state index contributed by atoms with van der Waals surface area (Å²) in [6.07, 6.45) is 4.91. The number of carboxylic acid groups (broad SMARTS) is 1. The number of aliphatic carboxylic acids is 1. The number of likely N-dealkylation sites (tertiary alicyclic amines) is 1. The summed E-state index contributed by atoms with van der Waals surface area (Å²) in [5, 5.41) is 19.2. The molecule has 0 bridgehead atoms. The van der Waals surface area contributed by atoms with E-state index >= 15 is 0 Å². The van der Waals surface area contributed by atoms with Crippen LogP contribution in [0.1, 0.15) is 35.1 Å². The number of carbonyl (C=O) groups is 2. The van der Waals surface area contributed by atoms with Gasteiger partial charge in [-0.2, -0.15) is 0 Å². The zero-order valence-corrected chi connectivity index (χ0v) is 16.6. The average Bonchev–Trinajstić information content (AvgIpc) is 3.01. The summed E-state index contributed by atoms with van der Waals surface area (Å²) in [5.41, 5.74) is 3.96. The molecule has 1 saturated heterocycles. The van der Waals surface area contributed by atoms with Gasteiger partial charge in [0.2, 0.25) is 5.91 Å². The van der Waals surface area contributed by atoms with Crippen LogP contribution in [0.4, 0.5) is 0 Å². The monoisotopic (exact) mass is 393 g/mol. The smallest absolute Gasteiger partial charge is 0.307 e. The van der Waals surface area contributed by atoms with Gasteiger partial charge in [-0.1, -0.05) is 66.2 Å². The molecule has 5 heteroatoms. The van der Waals surface area contributed by atoms with Crippen LogP contribution in [0.25, 0.3) is 0 Å². The Kier molecular flexibility index (Phi) is 6.83. The Hall–Kier alpha value is -2.92. The first-order chi connectivity index (χ1) is 13.9. The minimum absolute atomic E-state index is 0.00683. The summed E-state index contributed by atoms with van der Waals surface area (Å²) >= 11 is 0. The maximum absolute atomic E-state index is 12.3. The zero-order valence-electron chi connectivity index (χ0n) is 16.6. The Morgan fingerprint density at radius 2 is 1.90 bits per heavy atom. The van der Waals surface area contributed by atoms with Gasteiger partial charge in [0, 0.05) is 19.4 Å². The molecule has 1 heterocycles. The summed E-state index contributed by atoms with van der Waals surface area (Å²) in [5.74, 6) is -0.760. The van der Waals surface area contributed by atoms with Gasteiger partial charge in [0.25, 0.3) is 0 Å². The Bertz CT molecular complexity index is 888. The maximum Gasteiger partial charge on any atom is 0.307 e. The Morgan fingerprint density at radius 3 is 2.59 bits per heavy atom. The molecule has 0 unspecified atom stereocenters. The van der Waals surface area contributed by atoms with Gasteiger partial charge in [0.15, 0.2) is 0 Å². The quantitative estimate of drug-likeness (QED) is 0.675. The molecule has 152 valence electrons. The molecule has 1 aliphatic heterocycles. The third-order valence-corrected chi connectivity index (χ3v) is 5.19. The molecule has 5 nitrogen and oxygen atoms in total. The van der Waals surface area contributed by atoms with Crippen molar-refractivity contribution in [3.63, 3.8) is 0 Å². The highest BCUT2D eigenvalue weighted by molar-refractivity contribution is 5.79. The van der Waals surface area contributed by atoms with E-state index in [-0.39, 0.29) is 18.4 Å². The minimum Gasteiger partial charge on any atom is -0.481 e. The molecule has 2 N–H and O–H groups in total. The molecule has 0 radical (unpaired) electrons. The van der Waals surface area contributed by atoms with E-state index in [0.29, 0.717) is 19.4 Å². The van der Waals surface area contributed by atoms with Crippen LogP contribution in [-0.2, 0) is 29.0 Å². The number of aryl methyl sites for hydroxylation is 1. The number of carboxylic acids is 1. The first-order valence-corrected chi connectivity index (χ1v) is 9.92. The molecule has 1 aliphatic rings. The lowest BCUT2D eigenvalue weighted by Crippen LogP contribution is -2.31. The predicted molar refractivity (Wildman–Crippen MR) is 111 cm³/mol. The summed E-state index contributed by atoms with van der Waals surface area (Å²) in [6, 6.07) is 15.4. The van der Waals surface area contributed by atoms with Crippen LogP contribution >= 0.6 is 0 Å². The molecular formula is C24H27NO4. The number of nitrogens with zero attached hydrogens (tertiary/aromatic N) is 1. The topological polar surface area (TPSA) is 77.8 Å². The number of aliphatic hydroxyl groups excluding tert-OH is 1. The standard InChI is InChI=1S/C24H27NO4/c1-17-3-2-4-20(13-17)14-22(26)11-9-21-10-12-23(27)25(21)16-19-7-5-18(6-8-19)15-24(28)29/h2-9,11,13,21-22,26H,10,12,14-16H2,1H3,(H,28,29)/b11-9+/t21-,22+/m0/s1. The van der Waals surface area contributed by atoms with Gasteiger partial charge in [-0.15, -0.1) is 0 Å². The van der Waals surface area contributed by atoms with Crippen LogP contribution < -0.4 is 0 Å². The van der Waals surface area contributed by atoms with Gasteiger partial charge in [-0.3, -0.25) is 9.59 Å². The van der Waals surface area contributed by atoms with E-state index in [2.05, 4.69) is 6.07 Å². The lowest BCUT2D eigenvalue weighted by Gasteiger charge is -2.23. The number of amides is 1. The highest BCUT2D eigenvalue weighted by atomic mass is 16.4. The highest BCUT2D eigenvalue weighted by Gasteiger charge is 2.29. The molecular weight excluding hydrogens is 366 g/mol. The van der Waals surface area contributed by atoms with Gasteiger partial charge in [0.1, 0.15) is 0 Å². The lowest BCUT2D eigenvalue weighted by molar-refractivity contribution is -0.136. The molecule has 3 rings (SSSR count). The number of hydrogen-bond donors (Lipinski definition) is 2. The third kappa shape index (κ3) is 6.03. The van der Waals surface area contributed by atoms with E-state index in [4.69, 9.17) is 5.11 Å². The van der Waals surface area contributed by atoms with E-state index in [1.54, 1.807) is 18.2 Å². The maximum atomic E-state index is 12.3. The predicted octanol–water partition coefficient (Wildman–Crippen LogP) is 3.27. The fourth-order valence-corrected chi connectivity index (χ4v) is 3.70. The van der Waals surface area contributed by atoms with Gasteiger partial charge in [-0.05, 0) is 30.0 Å². The van der Waals surface area contributed by atoms with Crippen molar-refractivity contribution in [3.05, 3.63) is 82.9 Å². The van der Waals surface area contributed by atoms with E-state index < -0.39 is 12.1 Å². The number of carbonyl (C=O) groups excluding carboxylic acids is 1. The largest absolute Gasteiger partial charge is 0.481 e. The number of rotatable bonds is 8. The molecule has 2 atom stereocenters. The van der Waals surface area contributed by atoms with Crippen molar-refractivity contribution in [2.24, 2.45) is 0 Å². The fraction of sp³-hybridized carbons (Fsp3) is 0.333. The fourth-order valence-electron chi connectivity index (χ4n) is 3.70. The second-order valence-electron chi connectivity index (χ2n) is 7.66. The van der Waals surface area contributed by atoms with Crippen LogP contribution in [0.5, 0.6) is 0 Å². The Morgan fingerprint density at radius 1 is 1.17 bits per heavy atom. The molecule has 2 aromatic rings. The van der Waals surface area contributed by atoms with Crippen molar-refractivity contribution in [1.29, 1.82) is 0 Å². The van der Waals surface area contributed by atoms with E-state index in [9.17, 15) is 14.7 Å². The second kappa shape index (κ2) is 9.52. The summed E-state index contributed by atoms with van der Waals surface area (Å²) in [6.45, 7) is 2.51. The molecule has 0 spiro atoms. The lowest BCUT2D eigenvalue weighted by atomic mass is 10.0. The van der Waals surface area contributed by atoms with Crippen LogP contribution in [-0.4, -0.2) is 39.1 Å². The summed E-state index contributed by atoms with van der Waals surface area (Å²) < 4.78 is 0. The number of benzene rings is 2. The molecule has 29 heavy (non-hydrogen) atoms. The average molecular weight is 393 g/mol. The SMILES string of the molecule is Cc1cccc(C[C@H](O)/C=C/[C@H]2CCC(=O)N2Cc2ccc(CC(=O)O)cc2)c1. The van der Waals surface area contributed by atoms with E-state index in [0.717, 1.165) is 23.1 Å². The molecule has 0 aromatic heterocycles. The number of hydrogen-bond acceptors (Lipinski definition) is 3. The molecule has 0 aliphatic carbocycles. The van der Waals surface area contributed by atoms with Crippen molar-refractivity contribution in [3.8, 4) is 0 Å².